The molecule has 2 N–H and O–H groups in total. The number of benzene rings is 3. The Bertz CT molecular complexity index is 1410. The molecule has 1 atom stereocenters. The number of nitrogens with zero attached hydrogens (tertiary/aromatic N) is 2. The lowest BCUT2D eigenvalue weighted by Crippen LogP contribution is -2.22. The third kappa shape index (κ3) is 5.84. The quantitative estimate of drug-likeness (QED) is 0.130. The molecule has 0 aromatic heterocycles. The van der Waals surface area contributed by atoms with E-state index in [1.54, 1.807) is 12.1 Å². The molecule has 0 fully saturated rings. The molecule has 0 spiro atoms. The van der Waals surface area contributed by atoms with Crippen LogP contribution in [-0.4, -0.2) is 24.1 Å². The molecule has 10 nitrogen and oxygen atoms in total. The Kier molecular flexibility index (Phi) is 8.08. The van der Waals surface area contributed by atoms with Crippen LogP contribution in [0.1, 0.15) is 36.8 Å². The van der Waals surface area contributed by atoms with Crippen molar-refractivity contribution in [3.05, 3.63) is 99.4 Å². The molecule has 1 aliphatic rings. The Morgan fingerprint density at radius 1 is 1.08 bits per heavy atom. The van der Waals surface area contributed by atoms with Crippen LogP contribution >= 0.6 is 0 Å². The molecule has 1 heterocycles. The predicted molar refractivity (Wildman–Crippen MR) is 137 cm³/mol. The normalized spacial score (nSPS) is 14.1. The molecule has 0 amide bonds. The van der Waals surface area contributed by atoms with Crippen molar-refractivity contribution < 1.29 is 28.7 Å². The van der Waals surface area contributed by atoms with Crippen molar-refractivity contribution in [3.8, 4) is 29.1 Å². The number of hydrogen-bond acceptors (Lipinski definition) is 9. The van der Waals surface area contributed by atoms with Crippen LogP contribution in [0.2, 0.25) is 0 Å². The van der Waals surface area contributed by atoms with Gasteiger partial charge in [-0.2, -0.15) is 5.26 Å². The Hall–Kier alpha value is -5.04. The largest absolute Gasteiger partial charge is 0.493 e. The fraction of sp³-hybridized carbons (Fsp3) is 0.214. The molecule has 10 heteroatoms. The first-order chi connectivity index (χ1) is 18.4. The van der Waals surface area contributed by atoms with E-state index in [0.29, 0.717) is 23.7 Å². The summed E-state index contributed by atoms with van der Waals surface area (Å²) in [5.41, 5.74) is 7.73. The highest BCUT2D eigenvalue weighted by Crippen LogP contribution is 2.45. The van der Waals surface area contributed by atoms with Crippen molar-refractivity contribution in [1.82, 2.24) is 0 Å². The average molecular weight is 516 g/mol. The van der Waals surface area contributed by atoms with Crippen molar-refractivity contribution in [2.24, 2.45) is 5.73 Å². The lowest BCUT2D eigenvalue weighted by Gasteiger charge is -2.28. The third-order valence-electron chi connectivity index (χ3n) is 5.81. The van der Waals surface area contributed by atoms with Gasteiger partial charge < -0.3 is 24.7 Å². The van der Waals surface area contributed by atoms with Crippen molar-refractivity contribution in [2.75, 3.05) is 13.2 Å². The Balaban J connectivity index is 1.52. The molecule has 0 saturated heterocycles. The maximum absolute atomic E-state index is 12.4. The van der Waals surface area contributed by atoms with Gasteiger partial charge in [0.05, 0.1) is 17.4 Å². The van der Waals surface area contributed by atoms with Crippen molar-refractivity contribution in [3.63, 3.8) is 0 Å². The van der Waals surface area contributed by atoms with Crippen molar-refractivity contribution in [2.45, 2.75) is 25.7 Å². The van der Waals surface area contributed by atoms with Gasteiger partial charge in [0.2, 0.25) is 5.88 Å². The van der Waals surface area contributed by atoms with E-state index in [0.717, 1.165) is 18.4 Å². The first-order valence-corrected chi connectivity index (χ1v) is 11.9. The van der Waals surface area contributed by atoms with Crippen molar-refractivity contribution >= 4 is 11.7 Å². The van der Waals surface area contributed by atoms with Crippen LogP contribution in [0.25, 0.3) is 0 Å². The summed E-state index contributed by atoms with van der Waals surface area (Å²) < 4.78 is 22.5. The van der Waals surface area contributed by atoms with Gasteiger partial charge in [0, 0.05) is 29.3 Å². The number of carbonyl (C=O) groups is 1. The van der Waals surface area contributed by atoms with Gasteiger partial charge in [-0.3, -0.25) is 10.1 Å². The molecule has 0 bridgehead atoms. The number of nitriles is 1. The maximum Gasteiger partial charge on any atom is 0.349 e. The average Bonchev–Trinajstić information content (AvgIpc) is 2.92. The molecule has 38 heavy (non-hydrogen) atoms. The van der Waals surface area contributed by atoms with E-state index in [2.05, 4.69) is 13.0 Å². The molecular formula is C28H25N3O7. The summed E-state index contributed by atoms with van der Waals surface area (Å²) in [6.07, 6.45) is 1.88. The lowest BCUT2D eigenvalue weighted by molar-refractivity contribution is -0.384. The molecule has 3 aromatic rings. The number of esters is 1. The molecule has 1 aliphatic heterocycles. The van der Waals surface area contributed by atoms with Crippen molar-refractivity contribution in [1.29, 1.82) is 5.26 Å². The summed E-state index contributed by atoms with van der Waals surface area (Å²) in [4.78, 5) is 22.6. The highest BCUT2D eigenvalue weighted by molar-refractivity contribution is 5.74. The third-order valence-corrected chi connectivity index (χ3v) is 5.81. The van der Waals surface area contributed by atoms with Crippen LogP contribution in [0.4, 0.5) is 5.69 Å². The Morgan fingerprint density at radius 3 is 2.53 bits per heavy atom. The van der Waals surface area contributed by atoms with E-state index in [1.165, 1.54) is 30.3 Å². The van der Waals surface area contributed by atoms with E-state index in [-0.39, 0.29) is 28.6 Å². The number of ether oxygens (including phenoxy) is 4. The number of allylic oxidation sites excluding steroid dienone is 1. The predicted octanol–water partition coefficient (Wildman–Crippen LogP) is 4.98. The van der Waals surface area contributed by atoms with Crippen LogP contribution in [0.15, 0.2) is 78.2 Å². The molecule has 3 aromatic carbocycles. The number of para-hydroxylation sites is 1. The zero-order valence-corrected chi connectivity index (χ0v) is 20.6. The highest BCUT2D eigenvalue weighted by atomic mass is 16.6. The van der Waals surface area contributed by atoms with E-state index >= 15 is 0 Å². The summed E-state index contributed by atoms with van der Waals surface area (Å²) in [6.45, 7) is 2.20. The van der Waals surface area contributed by atoms with Gasteiger partial charge >= 0.3 is 5.97 Å². The van der Waals surface area contributed by atoms with Crippen LogP contribution in [0, 0.1) is 21.4 Å². The monoisotopic (exact) mass is 515 g/mol. The zero-order valence-electron chi connectivity index (χ0n) is 20.6. The second-order valence-corrected chi connectivity index (χ2v) is 8.38. The number of fused-ring (bicyclic) bond motifs is 1. The maximum atomic E-state index is 12.4. The second kappa shape index (κ2) is 11.8. The topological polar surface area (TPSA) is 147 Å². The van der Waals surface area contributed by atoms with Gasteiger partial charge in [-0.05, 0) is 30.7 Å². The minimum Gasteiger partial charge on any atom is -0.493 e. The van der Waals surface area contributed by atoms with Gasteiger partial charge in [-0.15, -0.1) is 0 Å². The first-order valence-electron chi connectivity index (χ1n) is 11.9. The number of non-ortho nitro benzene ring substituents is 1. The summed E-state index contributed by atoms with van der Waals surface area (Å²) in [7, 11) is 0. The van der Waals surface area contributed by atoms with E-state index in [4.69, 9.17) is 24.7 Å². The fourth-order valence-corrected chi connectivity index (χ4v) is 3.96. The number of hydrogen-bond donors (Lipinski definition) is 1. The standard InChI is InChI=1S/C28H25N3O7/c1-2-3-14-35-24-7-5-4-6-21(24)27-22-13-12-20(15-25(22)38-28(30)23(27)16-29)37-26(32)17-36-19-10-8-18(9-11-19)31(33)34/h4-13,15,27H,2-3,14,17,30H2,1H3. The number of unbranched alkanes of at least 4 members (excludes halogenated alkanes) is 1. The van der Waals surface area contributed by atoms with Gasteiger partial charge in [0.25, 0.3) is 5.69 Å². The Labute approximate surface area is 219 Å². The summed E-state index contributed by atoms with van der Waals surface area (Å²) >= 11 is 0. The number of rotatable bonds is 10. The molecule has 1 unspecified atom stereocenters. The number of nitro groups is 1. The lowest BCUT2D eigenvalue weighted by atomic mass is 9.83. The highest BCUT2D eigenvalue weighted by Gasteiger charge is 2.33. The summed E-state index contributed by atoms with van der Waals surface area (Å²) in [6, 6.07) is 19.8. The molecule has 0 saturated carbocycles. The van der Waals surface area contributed by atoms with E-state index in [9.17, 15) is 20.2 Å². The molecule has 4 rings (SSSR count). The van der Waals surface area contributed by atoms with Gasteiger partial charge in [0.15, 0.2) is 6.61 Å². The van der Waals surface area contributed by atoms with Gasteiger partial charge in [-0.25, -0.2) is 4.79 Å². The minimum atomic E-state index is -0.688. The SMILES string of the molecule is CCCCOc1ccccc1C1C(C#N)=C(N)Oc2cc(OC(=O)COc3ccc([N+](=O)[O-])cc3)ccc21. The zero-order chi connectivity index (χ0) is 27.1. The molecular weight excluding hydrogens is 490 g/mol. The Morgan fingerprint density at radius 2 is 1.82 bits per heavy atom. The number of carbonyl (C=O) groups excluding carboxylic acids is 1. The fourth-order valence-electron chi connectivity index (χ4n) is 3.96. The van der Waals surface area contributed by atoms with Crippen LogP contribution < -0.4 is 24.7 Å². The molecule has 194 valence electrons. The molecule has 0 radical (unpaired) electrons. The van der Waals surface area contributed by atoms with Crippen LogP contribution in [0.3, 0.4) is 0 Å². The second-order valence-electron chi connectivity index (χ2n) is 8.38. The van der Waals surface area contributed by atoms with E-state index < -0.39 is 23.4 Å². The number of nitrogens with two attached hydrogens (primary N) is 1. The van der Waals surface area contributed by atoms with E-state index in [1.807, 2.05) is 24.3 Å². The van der Waals surface area contributed by atoms with Gasteiger partial charge in [-0.1, -0.05) is 37.6 Å². The molecule has 0 aliphatic carbocycles. The smallest absolute Gasteiger partial charge is 0.349 e. The minimum absolute atomic E-state index is 0.0432. The van der Waals surface area contributed by atoms with Gasteiger partial charge in [0.1, 0.15) is 34.6 Å². The number of nitro benzene ring substituents is 1. The summed E-state index contributed by atoms with van der Waals surface area (Å²) in [5.74, 6) is 0.211. The summed E-state index contributed by atoms with van der Waals surface area (Å²) in [5, 5.41) is 20.6. The van der Waals surface area contributed by atoms with Crippen LogP contribution in [-0.2, 0) is 4.79 Å². The first kappa shape index (κ1) is 26.0. The van der Waals surface area contributed by atoms with Crippen LogP contribution in [0.5, 0.6) is 23.0 Å².